The molecule has 3 rings (SSSR count). The Hall–Kier alpha value is -2.89. The maximum Gasteiger partial charge on any atom is 0.309 e. The number of hydrogen-bond donors (Lipinski definition) is 1. The number of aromatic nitrogens is 1. The lowest BCUT2D eigenvalue weighted by atomic mass is 9.78. The van der Waals surface area contributed by atoms with E-state index in [1.54, 1.807) is 6.92 Å². The normalized spacial score (nSPS) is 16.8. The Morgan fingerprint density at radius 3 is 2.47 bits per heavy atom. The highest BCUT2D eigenvalue weighted by Crippen LogP contribution is 2.40. The van der Waals surface area contributed by atoms with E-state index in [9.17, 15) is 14.7 Å². The molecule has 1 heterocycles. The molecular formula is C28H37NO5. The molecule has 0 radical (unpaired) electrons. The molecule has 4 atom stereocenters. The van der Waals surface area contributed by atoms with E-state index in [2.05, 4.69) is 24.0 Å². The van der Waals surface area contributed by atoms with Crippen LogP contribution in [0.3, 0.4) is 0 Å². The van der Waals surface area contributed by atoms with E-state index >= 15 is 0 Å². The number of esters is 1. The van der Waals surface area contributed by atoms with Gasteiger partial charge in [-0.15, -0.1) is 0 Å². The lowest BCUT2D eigenvalue weighted by Gasteiger charge is -2.32. The van der Waals surface area contributed by atoms with E-state index in [4.69, 9.17) is 9.47 Å². The fourth-order valence-electron chi connectivity index (χ4n) is 4.68. The quantitative estimate of drug-likeness (QED) is 0.304. The predicted octanol–water partition coefficient (Wildman–Crippen LogP) is 5.62. The maximum absolute atomic E-state index is 12.9. The highest BCUT2D eigenvalue weighted by molar-refractivity contribution is 5.99. The first-order valence-corrected chi connectivity index (χ1v) is 12.3. The van der Waals surface area contributed by atoms with E-state index in [0.717, 1.165) is 18.8 Å². The summed E-state index contributed by atoms with van der Waals surface area (Å²) in [6.45, 7) is 5.87. The molecule has 184 valence electrons. The smallest absolute Gasteiger partial charge is 0.309 e. The highest BCUT2D eigenvalue weighted by Gasteiger charge is 2.34. The van der Waals surface area contributed by atoms with Crippen molar-refractivity contribution in [3.8, 4) is 11.5 Å². The summed E-state index contributed by atoms with van der Waals surface area (Å²) >= 11 is 0. The minimum Gasteiger partial charge on any atom is -0.503 e. The third kappa shape index (κ3) is 6.81. The van der Waals surface area contributed by atoms with Crippen molar-refractivity contribution in [3.05, 3.63) is 53.9 Å². The molecule has 0 amide bonds. The average Bonchev–Trinajstić information content (AvgIpc) is 3.66. The molecule has 1 aromatic heterocycles. The molecule has 1 aliphatic rings. The van der Waals surface area contributed by atoms with Crippen molar-refractivity contribution in [2.24, 2.45) is 23.7 Å². The van der Waals surface area contributed by atoms with Crippen LogP contribution in [0.2, 0.25) is 0 Å². The number of methoxy groups -OCH3 is 1. The van der Waals surface area contributed by atoms with Crippen LogP contribution in [0, 0.1) is 23.7 Å². The van der Waals surface area contributed by atoms with Gasteiger partial charge in [0.25, 0.3) is 0 Å². The van der Waals surface area contributed by atoms with E-state index in [0.29, 0.717) is 5.92 Å². The Morgan fingerprint density at radius 1 is 1.15 bits per heavy atom. The third-order valence-electron chi connectivity index (χ3n) is 6.95. The maximum atomic E-state index is 12.9. The fraction of sp³-hybridized carbons (Fsp3) is 0.536. The second-order valence-electron chi connectivity index (χ2n) is 9.58. The van der Waals surface area contributed by atoms with E-state index in [1.807, 2.05) is 25.1 Å². The van der Waals surface area contributed by atoms with Gasteiger partial charge in [-0.25, -0.2) is 4.98 Å². The number of hydrogen-bond acceptors (Lipinski definition) is 6. The SMILES string of the molecule is CC[C@H](CC1CC1)[C@@H](Cc1ccccc1)[C@H](C)OC(=O)[C@H](C)CC(=O)c1nccc(OC)c1O. The number of carbonyl (C=O) groups is 2. The summed E-state index contributed by atoms with van der Waals surface area (Å²) in [7, 11) is 1.41. The van der Waals surface area contributed by atoms with Crippen LogP contribution in [-0.4, -0.2) is 35.1 Å². The minimum absolute atomic E-state index is 0.0931. The molecule has 1 aliphatic carbocycles. The van der Waals surface area contributed by atoms with Crippen molar-refractivity contribution < 1.29 is 24.2 Å². The minimum atomic E-state index is -0.650. The van der Waals surface area contributed by atoms with Gasteiger partial charge in [0.2, 0.25) is 0 Å². The first-order chi connectivity index (χ1) is 16.3. The number of ketones is 1. The number of rotatable bonds is 13. The average molecular weight is 468 g/mol. The summed E-state index contributed by atoms with van der Waals surface area (Å²) in [6.07, 6.45) is 6.71. The van der Waals surface area contributed by atoms with Gasteiger partial charge in [0.1, 0.15) is 6.10 Å². The standard InChI is InChI=1S/C28H37NO5/c1-5-22(16-21-11-12-21)23(17-20-9-7-6-8-10-20)19(3)34-28(32)18(2)15-24(30)26-27(31)25(33-4)13-14-29-26/h6-10,13-14,18-19,21-23,31H,5,11-12,15-17H2,1-4H3/t18-,19+,22-,23+/m1/s1. The van der Waals surface area contributed by atoms with Crippen LogP contribution in [0.1, 0.15) is 68.9 Å². The molecule has 0 saturated heterocycles. The van der Waals surface area contributed by atoms with Gasteiger partial charge in [-0.2, -0.15) is 0 Å². The van der Waals surface area contributed by atoms with Crippen LogP contribution in [0.15, 0.2) is 42.6 Å². The van der Waals surface area contributed by atoms with Gasteiger partial charge < -0.3 is 14.6 Å². The zero-order chi connectivity index (χ0) is 24.7. The van der Waals surface area contributed by atoms with Crippen LogP contribution in [-0.2, 0) is 16.0 Å². The Bertz CT molecular complexity index is 957. The number of Topliss-reactive ketones (excluding diaryl/α,β-unsaturated/α-hetero) is 1. The van der Waals surface area contributed by atoms with Gasteiger partial charge in [0, 0.05) is 24.6 Å². The summed E-state index contributed by atoms with van der Waals surface area (Å²) in [6, 6.07) is 11.8. The largest absolute Gasteiger partial charge is 0.503 e. The molecule has 0 spiro atoms. The second kappa shape index (κ2) is 12.0. The molecule has 2 aromatic rings. The molecular weight excluding hydrogens is 430 g/mol. The molecule has 0 aliphatic heterocycles. The van der Waals surface area contributed by atoms with E-state index < -0.39 is 17.7 Å². The molecule has 1 aromatic carbocycles. The van der Waals surface area contributed by atoms with Crippen LogP contribution in [0.25, 0.3) is 0 Å². The molecule has 6 nitrogen and oxygen atoms in total. The van der Waals surface area contributed by atoms with Crippen LogP contribution in [0.5, 0.6) is 11.5 Å². The third-order valence-corrected chi connectivity index (χ3v) is 6.95. The van der Waals surface area contributed by atoms with Gasteiger partial charge in [-0.05, 0) is 37.2 Å². The molecule has 1 N–H and O–H groups in total. The number of nitrogens with zero attached hydrogens (tertiary/aromatic N) is 1. The Labute approximate surface area is 202 Å². The zero-order valence-electron chi connectivity index (χ0n) is 20.7. The van der Waals surface area contributed by atoms with Crippen molar-refractivity contribution in [2.75, 3.05) is 7.11 Å². The van der Waals surface area contributed by atoms with E-state index in [1.165, 1.54) is 44.2 Å². The monoisotopic (exact) mass is 467 g/mol. The molecule has 34 heavy (non-hydrogen) atoms. The number of benzene rings is 1. The first-order valence-electron chi connectivity index (χ1n) is 12.3. The summed E-state index contributed by atoms with van der Waals surface area (Å²) in [4.78, 5) is 29.6. The van der Waals surface area contributed by atoms with Crippen LogP contribution >= 0.6 is 0 Å². The number of ether oxygens (including phenoxy) is 2. The molecule has 6 heteroatoms. The van der Waals surface area contributed by atoms with Crippen molar-refractivity contribution in [1.29, 1.82) is 0 Å². The lowest BCUT2D eigenvalue weighted by molar-refractivity contribution is -0.156. The summed E-state index contributed by atoms with van der Waals surface area (Å²) in [5, 5.41) is 10.2. The van der Waals surface area contributed by atoms with Gasteiger partial charge in [0.15, 0.2) is 23.0 Å². The Kier molecular flexibility index (Phi) is 9.08. The van der Waals surface area contributed by atoms with Crippen molar-refractivity contribution in [1.82, 2.24) is 4.98 Å². The van der Waals surface area contributed by atoms with Crippen molar-refractivity contribution >= 4 is 11.8 Å². The topological polar surface area (TPSA) is 85.7 Å². The lowest BCUT2D eigenvalue weighted by Crippen LogP contribution is -2.34. The summed E-state index contributed by atoms with van der Waals surface area (Å²) in [5.41, 5.74) is 1.15. The van der Waals surface area contributed by atoms with Crippen LogP contribution < -0.4 is 4.74 Å². The van der Waals surface area contributed by atoms with E-state index in [-0.39, 0.29) is 35.6 Å². The van der Waals surface area contributed by atoms with Crippen molar-refractivity contribution in [3.63, 3.8) is 0 Å². The molecule has 0 bridgehead atoms. The first kappa shape index (κ1) is 25.7. The van der Waals surface area contributed by atoms with Crippen LogP contribution in [0.4, 0.5) is 0 Å². The predicted molar refractivity (Wildman–Crippen MR) is 131 cm³/mol. The molecule has 0 unspecified atom stereocenters. The second-order valence-corrected chi connectivity index (χ2v) is 9.58. The van der Waals surface area contributed by atoms with Gasteiger partial charge in [-0.1, -0.05) is 63.4 Å². The van der Waals surface area contributed by atoms with Gasteiger partial charge in [0.05, 0.1) is 13.0 Å². The van der Waals surface area contributed by atoms with Gasteiger partial charge >= 0.3 is 5.97 Å². The highest BCUT2D eigenvalue weighted by atomic mass is 16.5. The van der Waals surface area contributed by atoms with Crippen molar-refractivity contribution in [2.45, 2.75) is 65.4 Å². The number of carbonyl (C=O) groups excluding carboxylic acids is 2. The summed E-state index contributed by atoms with van der Waals surface area (Å²) < 4.78 is 11.0. The molecule has 1 saturated carbocycles. The number of pyridine rings is 1. The number of aromatic hydroxyl groups is 1. The fourth-order valence-corrected chi connectivity index (χ4v) is 4.68. The Balaban J connectivity index is 1.66. The zero-order valence-corrected chi connectivity index (χ0v) is 20.7. The molecule has 1 fully saturated rings. The summed E-state index contributed by atoms with van der Waals surface area (Å²) in [5.74, 6) is -0.120. The van der Waals surface area contributed by atoms with Gasteiger partial charge in [-0.3, -0.25) is 9.59 Å². The Morgan fingerprint density at radius 2 is 1.85 bits per heavy atom.